The molecule has 1 N–H and O–H groups in total. The number of rotatable bonds is 19. The van der Waals surface area contributed by atoms with Gasteiger partial charge in [0.15, 0.2) is 0 Å². The highest BCUT2D eigenvalue weighted by molar-refractivity contribution is 4.70. The number of aliphatic hydroxyl groups is 1. The number of halogens is 1. The van der Waals surface area contributed by atoms with E-state index < -0.39 is 0 Å². The number of hydrogen-bond acceptors (Lipinski definition) is 1. The number of unbranched alkanes of at least 4 members (excludes halogenated alkanes) is 14. The topological polar surface area (TPSA) is 20.2 Å². The van der Waals surface area contributed by atoms with Gasteiger partial charge in [0.2, 0.25) is 0 Å². The minimum Gasteiger partial charge on any atom is -1.00 e. The van der Waals surface area contributed by atoms with Gasteiger partial charge in [-0.25, -0.2) is 0 Å². The number of nitrogens with zero attached hydrogens (tertiary/aromatic N) is 1. The highest BCUT2D eigenvalue weighted by Gasteiger charge is 2.16. The predicted molar refractivity (Wildman–Crippen MR) is 129 cm³/mol. The predicted octanol–water partition coefficient (Wildman–Crippen LogP) is 5.82. The Balaban J connectivity index is -0.000000572. The van der Waals surface area contributed by atoms with E-state index in [-0.39, 0.29) is 12.4 Å². The number of allylic oxidation sites excluding steroid dienone is 1. The smallest absolute Gasteiger partial charge is 0.0757 e. The fourth-order valence-corrected chi connectivity index (χ4v) is 3.87. The molecule has 29 heavy (non-hydrogen) atoms. The molecule has 2 nitrogen and oxygen atoms in total. The van der Waals surface area contributed by atoms with Crippen molar-refractivity contribution in [1.82, 2.24) is 0 Å². The van der Waals surface area contributed by atoms with E-state index in [9.17, 15) is 0 Å². The van der Waals surface area contributed by atoms with Crippen LogP contribution in [-0.2, 0) is 0 Å². The molecule has 0 fully saturated rings. The highest BCUT2D eigenvalue weighted by Crippen LogP contribution is 2.13. The molecule has 0 rings (SSSR count). The summed E-state index contributed by atoms with van der Waals surface area (Å²) < 4.78 is 1.28. The largest absolute Gasteiger partial charge is 1.00 e. The summed E-state index contributed by atoms with van der Waals surface area (Å²) in [4.78, 5) is 0. The monoisotopic (exact) mass is 433 g/mol. The zero-order valence-corrected chi connectivity index (χ0v) is 21.6. The van der Waals surface area contributed by atoms with Gasteiger partial charge in [0.1, 0.15) is 0 Å². The summed E-state index contributed by atoms with van der Waals surface area (Å²) in [7, 11) is 0. The van der Waals surface area contributed by atoms with Crippen LogP contribution in [0.15, 0.2) is 12.3 Å². The van der Waals surface area contributed by atoms with Crippen LogP contribution >= 0.6 is 0 Å². The molecule has 0 aliphatic heterocycles. The van der Waals surface area contributed by atoms with Crippen molar-refractivity contribution in [2.45, 2.75) is 131 Å². The molecule has 0 aliphatic carbocycles. The van der Waals surface area contributed by atoms with E-state index >= 15 is 0 Å². The first-order chi connectivity index (χ1) is 13.7. The summed E-state index contributed by atoms with van der Waals surface area (Å²) >= 11 is 0. The van der Waals surface area contributed by atoms with Crippen LogP contribution in [0, 0.1) is 0 Å². The van der Waals surface area contributed by atoms with Crippen LogP contribution in [0.4, 0.5) is 0 Å². The summed E-state index contributed by atoms with van der Waals surface area (Å²) in [6, 6.07) is 0. The molecule has 178 valence electrons. The number of hydrogen-bond donors (Lipinski definition) is 1. The quantitative estimate of drug-likeness (QED) is 0.154. The van der Waals surface area contributed by atoms with Gasteiger partial charge >= 0.3 is 0 Å². The molecule has 0 atom stereocenters. The Bertz CT molecular complexity index is 286. The van der Waals surface area contributed by atoms with Crippen LogP contribution in [0.5, 0.6) is 0 Å². The van der Waals surface area contributed by atoms with Gasteiger partial charge in [-0.3, -0.25) is 0 Å². The van der Waals surface area contributed by atoms with Crippen LogP contribution in [0.25, 0.3) is 0 Å². The van der Waals surface area contributed by atoms with Crippen molar-refractivity contribution in [2.75, 3.05) is 26.2 Å². The van der Waals surface area contributed by atoms with Crippen molar-refractivity contribution < 1.29 is 22.0 Å². The van der Waals surface area contributed by atoms with Crippen LogP contribution in [0.3, 0.4) is 0 Å². The lowest BCUT2D eigenvalue weighted by molar-refractivity contribution is -0.921. The molecule has 0 bridgehead atoms. The van der Waals surface area contributed by atoms with Crippen molar-refractivity contribution >= 4 is 0 Å². The van der Waals surface area contributed by atoms with Gasteiger partial charge in [-0.2, -0.15) is 0 Å². The molecule has 0 heterocycles. The maximum absolute atomic E-state index is 8.49. The minimum absolute atomic E-state index is 0. The fourth-order valence-electron chi connectivity index (χ4n) is 3.87. The van der Waals surface area contributed by atoms with Gasteiger partial charge < -0.3 is 22.0 Å². The van der Waals surface area contributed by atoms with Crippen molar-refractivity contribution in [1.29, 1.82) is 0 Å². The third kappa shape index (κ3) is 23.9. The lowest BCUT2D eigenvalue weighted by Crippen LogP contribution is -3.00. The van der Waals surface area contributed by atoms with E-state index in [2.05, 4.69) is 34.6 Å². The molecule has 0 radical (unpaired) electrons. The van der Waals surface area contributed by atoms with Gasteiger partial charge in [0, 0.05) is 0 Å². The third-order valence-corrected chi connectivity index (χ3v) is 6.51. The Hall–Kier alpha value is -0.210. The van der Waals surface area contributed by atoms with Crippen LogP contribution in [-0.4, -0.2) is 35.8 Å². The van der Waals surface area contributed by atoms with Gasteiger partial charge in [-0.1, -0.05) is 96.5 Å². The maximum atomic E-state index is 8.49. The van der Waals surface area contributed by atoms with Gasteiger partial charge in [0.05, 0.1) is 32.4 Å². The zero-order valence-electron chi connectivity index (χ0n) is 20.9. The van der Waals surface area contributed by atoms with Crippen molar-refractivity contribution in [3.05, 3.63) is 12.3 Å². The lowest BCUT2D eigenvalue weighted by atomic mass is 10.0. The summed E-state index contributed by atoms with van der Waals surface area (Å²) in [5, 5.41) is 8.49. The van der Waals surface area contributed by atoms with E-state index in [1.807, 2.05) is 6.08 Å². The summed E-state index contributed by atoms with van der Waals surface area (Å²) in [6.45, 7) is 16.5. The average Bonchev–Trinajstić information content (AvgIpc) is 2.73. The molecule has 0 saturated heterocycles. The van der Waals surface area contributed by atoms with E-state index in [0.29, 0.717) is 0 Å². The maximum Gasteiger partial charge on any atom is 0.0757 e. The van der Waals surface area contributed by atoms with Crippen molar-refractivity contribution in [2.24, 2.45) is 0 Å². The Kier molecular flexibility index (Phi) is 32.0. The first-order valence-electron chi connectivity index (χ1n) is 12.8. The Labute approximate surface area is 191 Å². The second-order valence-corrected chi connectivity index (χ2v) is 8.38. The van der Waals surface area contributed by atoms with Crippen LogP contribution in [0.2, 0.25) is 0 Å². The average molecular weight is 434 g/mol. The molecule has 0 spiro atoms. The summed E-state index contributed by atoms with van der Waals surface area (Å²) in [6.07, 6.45) is 23.7. The first kappa shape index (κ1) is 33.4. The lowest BCUT2D eigenvalue weighted by Gasteiger charge is -2.34. The molecule has 0 unspecified atom stereocenters. The van der Waals surface area contributed by atoms with E-state index in [1.165, 1.54) is 127 Å². The first-order valence-corrected chi connectivity index (χ1v) is 12.8. The fraction of sp³-hybridized carbons (Fsp3) is 0.923. The standard InChI is InChI=1S/C18H36O.C8H20N.ClH/c1-2-3-4-5-6-7-8-9-10-11-12-13-14-15-16-17-18-19;1-5-9(6-2,7-3)8-4;/h17-19H,2-16H2,1H3;5-8H2,1-4H3;1H/q;+1;/p-1. The molecule has 0 aromatic carbocycles. The zero-order chi connectivity index (χ0) is 21.3. The molecular formula is C26H56ClNO. The number of aliphatic hydroxyl groups excluding tert-OH is 1. The van der Waals surface area contributed by atoms with E-state index in [4.69, 9.17) is 5.11 Å². The van der Waals surface area contributed by atoms with Gasteiger partial charge in [0.25, 0.3) is 0 Å². The minimum atomic E-state index is 0. The third-order valence-electron chi connectivity index (χ3n) is 6.51. The summed E-state index contributed by atoms with van der Waals surface area (Å²) in [5.74, 6) is 0. The second-order valence-electron chi connectivity index (χ2n) is 8.38. The highest BCUT2D eigenvalue weighted by atomic mass is 35.5. The van der Waals surface area contributed by atoms with Crippen molar-refractivity contribution in [3.8, 4) is 0 Å². The SMILES string of the molecule is CCCCCCCCCCCCCCCCC=CO.CC[N+](CC)(CC)CC.[Cl-]. The normalized spacial score (nSPS) is 11.2. The molecule has 0 aliphatic rings. The van der Waals surface area contributed by atoms with E-state index in [1.54, 1.807) is 0 Å². The summed E-state index contributed by atoms with van der Waals surface area (Å²) in [5.41, 5.74) is 0. The van der Waals surface area contributed by atoms with E-state index in [0.717, 1.165) is 6.42 Å². The molecule has 0 amide bonds. The Morgan fingerprint density at radius 3 is 1.07 bits per heavy atom. The molecule has 3 heteroatoms. The van der Waals surface area contributed by atoms with Crippen LogP contribution < -0.4 is 12.4 Å². The molecule has 0 aromatic rings. The Morgan fingerprint density at radius 2 is 0.828 bits per heavy atom. The molecule has 0 aromatic heterocycles. The number of quaternary nitrogens is 1. The van der Waals surface area contributed by atoms with Crippen molar-refractivity contribution in [3.63, 3.8) is 0 Å². The Morgan fingerprint density at radius 1 is 0.517 bits per heavy atom. The molecular weight excluding hydrogens is 378 g/mol. The van der Waals surface area contributed by atoms with Gasteiger partial charge in [-0.15, -0.1) is 0 Å². The van der Waals surface area contributed by atoms with Crippen LogP contribution in [0.1, 0.15) is 131 Å². The second kappa shape index (κ2) is 27.8. The van der Waals surface area contributed by atoms with Gasteiger partial charge in [-0.05, 0) is 40.5 Å². The molecule has 0 saturated carbocycles.